The van der Waals surface area contributed by atoms with E-state index in [-0.39, 0.29) is 18.4 Å². The third-order valence-corrected chi connectivity index (χ3v) is 6.41. The summed E-state index contributed by atoms with van der Waals surface area (Å²) in [6.07, 6.45) is 2.30. The van der Waals surface area contributed by atoms with Gasteiger partial charge in [-0.1, -0.05) is 83.9 Å². The molecule has 0 aliphatic rings. The van der Waals surface area contributed by atoms with Gasteiger partial charge in [-0.3, -0.25) is 9.59 Å². The molecule has 0 saturated heterocycles. The van der Waals surface area contributed by atoms with Gasteiger partial charge in [0.25, 0.3) is 5.91 Å². The molecule has 0 fully saturated rings. The number of aryl methyl sites for hydroxylation is 1. The Morgan fingerprint density at radius 3 is 2.34 bits per heavy atom. The highest BCUT2D eigenvalue weighted by Crippen LogP contribution is 2.19. The monoisotopic (exact) mass is 536 g/mol. The van der Waals surface area contributed by atoms with Crippen molar-refractivity contribution in [2.45, 2.75) is 45.7 Å². The van der Waals surface area contributed by atoms with E-state index < -0.39 is 6.04 Å². The van der Waals surface area contributed by atoms with Crippen molar-refractivity contribution in [2.75, 3.05) is 13.2 Å². The Hall–Kier alpha value is -3.12. The molecule has 1 atom stereocenters. The first-order chi connectivity index (χ1) is 17.0. The lowest BCUT2D eigenvalue weighted by molar-refractivity contribution is -0.142. The molecule has 1 unspecified atom stereocenters. The van der Waals surface area contributed by atoms with E-state index in [1.54, 1.807) is 4.90 Å². The van der Waals surface area contributed by atoms with E-state index in [2.05, 4.69) is 28.2 Å². The number of benzene rings is 3. The SMILES string of the molecule is CCCCNC(=O)C(Cc1ccccc1)N(Cc1ccccc1C)C(=O)COc1ccc(Br)cc1. The molecule has 3 rings (SSSR count). The van der Waals surface area contributed by atoms with Crippen LogP contribution in [-0.2, 0) is 22.6 Å². The minimum Gasteiger partial charge on any atom is -0.484 e. The highest BCUT2D eigenvalue weighted by molar-refractivity contribution is 9.10. The molecule has 0 aliphatic heterocycles. The molecule has 2 amide bonds. The number of ether oxygens (including phenoxy) is 1. The molecule has 5 nitrogen and oxygen atoms in total. The standard InChI is InChI=1S/C29H33BrN2O3/c1-3-4-18-31-29(34)27(19-23-11-6-5-7-12-23)32(20-24-13-9-8-10-22(24)2)28(33)21-35-26-16-14-25(30)15-17-26/h5-17,27H,3-4,18-21H2,1-2H3,(H,31,34). The number of nitrogens with one attached hydrogen (secondary N) is 1. The molecule has 0 aliphatic carbocycles. The smallest absolute Gasteiger partial charge is 0.261 e. The van der Waals surface area contributed by atoms with Gasteiger partial charge in [0.05, 0.1) is 0 Å². The van der Waals surface area contributed by atoms with Gasteiger partial charge in [0, 0.05) is 24.0 Å². The van der Waals surface area contributed by atoms with Crippen LogP contribution in [0.25, 0.3) is 0 Å². The molecule has 0 saturated carbocycles. The van der Waals surface area contributed by atoms with Gasteiger partial charge in [-0.05, 0) is 54.3 Å². The number of carbonyl (C=O) groups excluding carboxylic acids is 2. The van der Waals surface area contributed by atoms with Crippen molar-refractivity contribution in [3.05, 3.63) is 100 Å². The fourth-order valence-corrected chi connectivity index (χ4v) is 4.05. The zero-order valence-electron chi connectivity index (χ0n) is 20.4. The van der Waals surface area contributed by atoms with Gasteiger partial charge >= 0.3 is 0 Å². The molecule has 184 valence electrons. The Bertz CT molecular complexity index is 1090. The van der Waals surface area contributed by atoms with Crippen LogP contribution in [0.15, 0.2) is 83.3 Å². The normalized spacial score (nSPS) is 11.5. The first-order valence-corrected chi connectivity index (χ1v) is 12.8. The summed E-state index contributed by atoms with van der Waals surface area (Å²) in [4.78, 5) is 28.6. The van der Waals surface area contributed by atoms with Gasteiger partial charge in [-0.2, -0.15) is 0 Å². The second-order valence-electron chi connectivity index (χ2n) is 8.54. The van der Waals surface area contributed by atoms with E-state index in [0.29, 0.717) is 25.3 Å². The zero-order chi connectivity index (χ0) is 25.0. The van der Waals surface area contributed by atoms with Gasteiger partial charge < -0.3 is 15.0 Å². The topological polar surface area (TPSA) is 58.6 Å². The summed E-state index contributed by atoms with van der Waals surface area (Å²) in [6.45, 7) is 4.86. The molecular weight excluding hydrogens is 504 g/mol. The summed E-state index contributed by atoms with van der Waals surface area (Å²) in [6, 6.07) is 24.5. The Balaban J connectivity index is 1.88. The van der Waals surface area contributed by atoms with E-state index in [1.165, 1.54) is 0 Å². The summed E-state index contributed by atoms with van der Waals surface area (Å²) in [5.41, 5.74) is 3.08. The van der Waals surface area contributed by atoms with Crippen molar-refractivity contribution in [3.8, 4) is 5.75 Å². The quantitative estimate of drug-likeness (QED) is 0.302. The van der Waals surface area contributed by atoms with Crippen molar-refractivity contribution in [1.82, 2.24) is 10.2 Å². The second-order valence-corrected chi connectivity index (χ2v) is 9.46. The van der Waals surface area contributed by atoms with Crippen LogP contribution in [0.1, 0.15) is 36.5 Å². The minimum atomic E-state index is -0.658. The second kappa shape index (κ2) is 13.7. The highest BCUT2D eigenvalue weighted by Gasteiger charge is 2.30. The predicted molar refractivity (Wildman–Crippen MR) is 143 cm³/mol. The lowest BCUT2D eigenvalue weighted by Crippen LogP contribution is -2.52. The molecular formula is C29H33BrN2O3. The van der Waals surface area contributed by atoms with E-state index in [0.717, 1.165) is 34.0 Å². The van der Waals surface area contributed by atoms with Crippen LogP contribution >= 0.6 is 15.9 Å². The van der Waals surface area contributed by atoms with E-state index >= 15 is 0 Å². The molecule has 0 spiro atoms. The number of amides is 2. The summed E-state index contributed by atoms with van der Waals surface area (Å²) < 4.78 is 6.74. The van der Waals surface area contributed by atoms with E-state index in [4.69, 9.17) is 4.74 Å². The van der Waals surface area contributed by atoms with E-state index in [9.17, 15) is 9.59 Å². The Labute approximate surface area is 216 Å². The van der Waals surface area contributed by atoms with Crippen LogP contribution in [0.5, 0.6) is 5.75 Å². The maximum absolute atomic E-state index is 13.6. The fourth-order valence-electron chi connectivity index (χ4n) is 3.79. The number of hydrogen-bond donors (Lipinski definition) is 1. The molecule has 35 heavy (non-hydrogen) atoms. The molecule has 0 heterocycles. The van der Waals surface area contributed by atoms with Crippen molar-refractivity contribution in [1.29, 1.82) is 0 Å². The Kier molecular flexibility index (Phi) is 10.4. The van der Waals surface area contributed by atoms with Crippen molar-refractivity contribution in [2.24, 2.45) is 0 Å². The fraction of sp³-hybridized carbons (Fsp3) is 0.310. The highest BCUT2D eigenvalue weighted by atomic mass is 79.9. The number of rotatable bonds is 12. The van der Waals surface area contributed by atoms with Crippen LogP contribution in [0, 0.1) is 6.92 Å². The average Bonchev–Trinajstić information content (AvgIpc) is 2.87. The van der Waals surface area contributed by atoms with Gasteiger partial charge in [0.1, 0.15) is 11.8 Å². The molecule has 6 heteroatoms. The third kappa shape index (κ3) is 8.25. The molecule has 1 N–H and O–H groups in total. The van der Waals surface area contributed by atoms with Gasteiger partial charge in [0.15, 0.2) is 6.61 Å². The lowest BCUT2D eigenvalue weighted by Gasteiger charge is -2.32. The van der Waals surface area contributed by atoms with Crippen LogP contribution in [0.2, 0.25) is 0 Å². The van der Waals surface area contributed by atoms with E-state index in [1.807, 2.05) is 85.8 Å². The Morgan fingerprint density at radius 2 is 1.66 bits per heavy atom. The first kappa shape index (κ1) is 26.5. The van der Waals surface area contributed by atoms with Crippen molar-refractivity contribution >= 4 is 27.7 Å². The van der Waals surface area contributed by atoms with Crippen molar-refractivity contribution < 1.29 is 14.3 Å². The van der Waals surface area contributed by atoms with Crippen LogP contribution in [0.4, 0.5) is 0 Å². The summed E-state index contributed by atoms with van der Waals surface area (Å²) in [5, 5.41) is 3.04. The largest absolute Gasteiger partial charge is 0.484 e. The molecule has 0 bridgehead atoms. The minimum absolute atomic E-state index is 0.145. The number of hydrogen-bond acceptors (Lipinski definition) is 3. The number of nitrogens with zero attached hydrogens (tertiary/aromatic N) is 1. The predicted octanol–water partition coefficient (Wildman–Crippen LogP) is 5.69. The van der Waals surface area contributed by atoms with Gasteiger partial charge in [0.2, 0.25) is 5.91 Å². The Morgan fingerprint density at radius 1 is 0.971 bits per heavy atom. The van der Waals surface area contributed by atoms with Crippen LogP contribution in [0.3, 0.4) is 0 Å². The average molecular weight is 537 g/mol. The third-order valence-electron chi connectivity index (χ3n) is 5.88. The van der Waals surface area contributed by atoms with Crippen LogP contribution < -0.4 is 10.1 Å². The summed E-state index contributed by atoms with van der Waals surface area (Å²) in [7, 11) is 0. The number of halogens is 1. The number of unbranched alkanes of at least 4 members (excludes halogenated alkanes) is 1. The van der Waals surface area contributed by atoms with Gasteiger partial charge in [-0.25, -0.2) is 0 Å². The van der Waals surface area contributed by atoms with Crippen LogP contribution in [-0.4, -0.2) is 35.9 Å². The molecule has 0 radical (unpaired) electrons. The lowest BCUT2D eigenvalue weighted by atomic mass is 10.0. The maximum atomic E-state index is 13.6. The first-order valence-electron chi connectivity index (χ1n) is 12.0. The summed E-state index contributed by atoms with van der Waals surface area (Å²) >= 11 is 3.41. The molecule has 3 aromatic carbocycles. The summed E-state index contributed by atoms with van der Waals surface area (Å²) in [5.74, 6) is 0.222. The number of carbonyl (C=O) groups is 2. The van der Waals surface area contributed by atoms with Gasteiger partial charge in [-0.15, -0.1) is 0 Å². The molecule has 0 aromatic heterocycles. The molecule has 3 aromatic rings. The van der Waals surface area contributed by atoms with Crippen molar-refractivity contribution in [3.63, 3.8) is 0 Å². The maximum Gasteiger partial charge on any atom is 0.261 e. The zero-order valence-corrected chi connectivity index (χ0v) is 22.0.